The summed E-state index contributed by atoms with van der Waals surface area (Å²) >= 11 is 6.35. The molecule has 0 aromatic heterocycles. The highest BCUT2D eigenvalue weighted by molar-refractivity contribution is 6.33. The van der Waals surface area contributed by atoms with Gasteiger partial charge in [-0.25, -0.2) is 0 Å². The molecule has 1 atom stereocenters. The maximum absolute atomic E-state index is 9.82. The molecular formula is C13H17ClO3. The molecule has 0 bridgehead atoms. The fourth-order valence-corrected chi connectivity index (χ4v) is 2.59. The lowest BCUT2D eigenvalue weighted by Crippen LogP contribution is -2.17. The zero-order chi connectivity index (χ0) is 12.6. The maximum atomic E-state index is 9.82. The largest absolute Gasteiger partial charge is 0.486 e. The second kappa shape index (κ2) is 4.75. The second-order valence-corrected chi connectivity index (χ2v) is 4.93. The molecule has 1 heterocycles. The molecule has 2 rings (SSSR count). The molecule has 1 aromatic rings. The Hall–Kier alpha value is -0.930. The third-order valence-electron chi connectivity index (χ3n) is 2.87. The van der Waals surface area contributed by atoms with Crippen LogP contribution in [0.4, 0.5) is 0 Å². The van der Waals surface area contributed by atoms with Crippen LogP contribution in [0.1, 0.15) is 43.9 Å². The Morgan fingerprint density at radius 2 is 1.88 bits per heavy atom. The van der Waals surface area contributed by atoms with Crippen molar-refractivity contribution in [3.63, 3.8) is 0 Å². The number of hydrogen-bond donors (Lipinski definition) is 1. The van der Waals surface area contributed by atoms with E-state index in [9.17, 15) is 5.11 Å². The van der Waals surface area contributed by atoms with E-state index in [4.69, 9.17) is 21.1 Å². The fraction of sp³-hybridized carbons (Fsp3) is 0.538. The van der Waals surface area contributed by atoms with Crippen LogP contribution >= 0.6 is 11.6 Å². The van der Waals surface area contributed by atoms with Gasteiger partial charge in [0.1, 0.15) is 13.2 Å². The van der Waals surface area contributed by atoms with Gasteiger partial charge in [-0.1, -0.05) is 25.4 Å². The molecule has 0 saturated carbocycles. The third kappa shape index (κ3) is 2.22. The van der Waals surface area contributed by atoms with Crippen LogP contribution in [0.25, 0.3) is 0 Å². The predicted molar refractivity (Wildman–Crippen MR) is 67.2 cm³/mol. The number of hydrogen-bond acceptors (Lipinski definition) is 3. The summed E-state index contributed by atoms with van der Waals surface area (Å²) in [5, 5.41) is 10.4. The lowest BCUT2D eigenvalue weighted by molar-refractivity contribution is 0.168. The van der Waals surface area contributed by atoms with E-state index in [1.54, 1.807) is 6.92 Å². The van der Waals surface area contributed by atoms with Gasteiger partial charge in [-0.3, -0.25) is 0 Å². The van der Waals surface area contributed by atoms with Gasteiger partial charge in [0, 0.05) is 0 Å². The van der Waals surface area contributed by atoms with Gasteiger partial charge in [-0.2, -0.15) is 0 Å². The van der Waals surface area contributed by atoms with Crippen molar-refractivity contribution in [2.45, 2.75) is 32.8 Å². The van der Waals surface area contributed by atoms with Crippen molar-refractivity contribution in [1.82, 2.24) is 0 Å². The van der Waals surface area contributed by atoms with Crippen LogP contribution in [0, 0.1) is 0 Å². The number of benzene rings is 1. The average molecular weight is 257 g/mol. The molecule has 17 heavy (non-hydrogen) atoms. The summed E-state index contributed by atoms with van der Waals surface area (Å²) in [6.45, 7) is 6.85. The number of ether oxygens (including phenoxy) is 2. The Morgan fingerprint density at radius 1 is 1.24 bits per heavy atom. The highest BCUT2D eigenvalue weighted by Gasteiger charge is 2.24. The summed E-state index contributed by atoms with van der Waals surface area (Å²) in [6.07, 6.45) is -0.569. The van der Waals surface area contributed by atoms with Crippen molar-refractivity contribution in [2.75, 3.05) is 13.2 Å². The first-order chi connectivity index (χ1) is 8.02. The Balaban J connectivity index is 2.63. The Kier molecular flexibility index (Phi) is 3.50. The van der Waals surface area contributed by atoms with Gasteiger partial charge in [0.15, 0.2) is 11.5 Å². The summed E-state index contributed by atoms with van der Waals surface area (Å²) in [4.78, 5) is 0. The first kappa shape index (κ1) is 12.5. The molecule has 0 fully saturated rings. The predicted octanol–water partition coefficient (Wildman–Crippen LogP) is 3.29. The van der Waals surface area contributed by atoms with E-state index in [1.807, 2.05) is 19.9 Å². The molecular weight excluding hydrogens is 240 g/mol. The van der Waals surface area contributed by atoms with Gasteiger partial charge >= 0.3 is 0 Å². The minimum atomic E-state index is -0.569. The quantitative estimate of drug-likeness (QED) is 0.883. The maximum Gasteiger partial charge on any atom is 0.180 e. The summed E-state index contributed by atoms with van der Waals surface area (Å²) in [5.41, 5.74) is 1.75. The topological polar surface area (TPSA) is 38.7 Å². The highest BCUT2D eigenvalue weighted by atomic mass is 35.5. The molecule has 0 saturated heterocycles. The summed E-state index contributed by atoms with van der Waals surface area (Å²) in [7, 11) is 0. The zero-order valence-corrected chi connectivity index (χ0v) is 11.0. The van der Waals surface area contributed by atoms with E-state index in [1.165, 1.54) is 0 Å². The van der Waals surface area contributed by atoms with E-state index in [0.717, 1.165) is 11.1 Å². The first-order valence-electron chi connectivity index (χ1n) is 5.82. The highest BCUT2D eigenvalue weighted by Crippen LogP contribution is 2.45. The molecule has 1 aliphatic rings. The Labute approximate surface area is 106 Å². The van der Waals surface area contributed by atoms with Gasteiger partial charge in [0.25, 0.3) is 0 Å². The van der Waals surface area contributed by atoms with E-state index in [2.05, 4.69) is 0 Å². The molecule has 1 aromatic carbocycles. The Morgan fingerprint density at radius 3 is 2.47 bits per heavy atom. The Bertz CT molecular complexity index is 427. The lowest BCUT2D eigenvalue weighted by Gasteiger charge is -2.25. The number of fused-ring (bicyclic) bond motifs is 1. The van der Waals surface area contributed by atoms with Crippen LogP contribution in [-0.4, -0.2) is 18.3 Å². The fourth-order valence-electron chi connectivity index (χ4n) is 2.11. The summed E-state index contributed by atoms with van der Waals surface area (Å²) < 4.78 is 11.1. The number of rotatable bonds is 2. The molecule has 3 nitrogen and oxygen atoms in total. The molecule has 1 aliphatic heterocycles. The average Bonchev–Trinajstić information content (AvgIpc) is 2.28. The second-order valence-electron chi connectivity index (χ2n) is 4.55. The van der Waals surface area contributed by atoms with Gasteiger partial charge in [-0.05, 0) is 30.0 Å². The first-order valence-corrected chi connectivity index (χ1v) is 6.20. The molecule has 94 valence electrons. The minimum Gasteiger partial charge on any atom is -0.486 e. The standard InChI is InChI=1S/C13H17ClO3/c1-7(2)11-9(8(3)15)6-10-13(12(11)14)17-5-4-16-10/h6-8,15H,4-5H2,1-3H3. The van der Waals surface area contributed by atoms with Crippen LogP contribution in [-0.2, 0) is 0 Å². The van der Waals surface area contributed by atoms with Crippen molar-refractivity contribution in [2.24, 2.45) is 0 Å². The van der Waals surface area contributed by atoms with Gasteiger partial charge < -0.3 is 14.6 Å². The van der Waals surface area contributed by atoms with Gasteiger partial charge in [0.2, 0.25) is 0 Å². The van der Waals surface area contributed by atoms with E-state index in [0.29, 0.717) is 29.7 Å². The van der Waals surface area contributed by atoms with Gasteiger partial charge in [-0.15, -0.1) is 0 Å². The summed E-state index contributed by atoms with van der Waals surface area (Å²) in [6, 6.07) is 1.83. The number of aliphatic hydroxyl groups excluding tert-OH is 1. The number of halogens is 1. The van der Waals surface area contributed by atoms with Crippen LogP contribution in [0.2, 0.25) is 5.02 Å². The van der Waals surface area contributed by atoms with Crippen molar-refractivity contribution in [3.8, 4) is 11.5 Å². The minimum absolute atomic E-state index is 0.225. The molecule has 4 heteroatoms. The SMILES string of the molecule is CC(C)c1c(C(C)O)cc2c(c1Cl)OCCO2. The van der Waals surface area contributed by atoms with Crippen molar-refractivity contribution < 1.29 is 14.6 Å². The van der Waals surface area contributed by atoms with Crippen LogP contribution in [0.3, 0.4) is 0 Å². The molecule has 0 radical (unpaired) electrons. The lowest BCUT2D eigenvalue weighted by atomic mass is 9.93. The van der Waals surface area contributed by atoms with E-state index in [-0.39, 0.29) is 5.92 Å². The van der Waals surface area contributed by atoms with Crippen LogP contribution in [0.5, 0.6) is 11.5 Å². The smallest absolute Gasteiger partial charge is 0.180 e. The van der Waals surface area contributed by atoms with Gasteiger partial charge in [0.05, 0.1) is 11.1 Å². The molecule has 0 amide bonds. The van der Waals surface area contributed by atoms with Crippen molar-refractivity contribution >= 4 is 11.6 Å². The molecule has 1 unspecified atom stereocenters. The normalized spacial score (nSPS) is 16.1. The zero-order valence-electron chi connectivity index (χ0n) is 10.3. The molecule has 1 N–H and O–H groups in total. The third-order valence-corrected chi connectivity index (χ3v) is 3.25. The summed E-state index contributed by atoms with van der Waals surface area (Å²) in [5.74, 6) is 1.45. The van der Waals surface area contributed by atoms with Crippen molar-refractivity contribution in [3.05, 3.63) is 22.2 Å². The van der Waals surface area contributed by atoms with E-state index >= 15 is 0 Å². The molecule has 0 aliphatic carbocycles. The van der Waals surface area contributed by atoms with Crippen LogP contribution in [0.15, 0.2) is 6.07 Å². The monoisotopic (exact) mass is 256 g/mol. The number of aliphatic hydroxyl groups is 1. The van der Waals surface area contributed by atoms with E-state index < -0.39 is 6.10 Å². The molecule has 0 spiro atoms. The van der Waals surface area contributed by atoms with Crippen LogP contribution < -0.4 is 9.47 Å². The van der Waals surface area contributed by atoms with Crippen molar-refractivity contribution in [1.29, 1.82) is 0 Å².